The summed E-state index contributed by atoms with van der Waals surface area (Å²) in [6.45, 7) is 2.84. The molecule has 0 aromatic heterocycles. The van der Waals surface area contributed by atoms with Gasteiger partial charge in [0.05, 0.1) is 14.2 Å². The molecule has 2 aromatic carbocycles. The first kappa shape index (κ1) is 22.6. The van der Waals surface area contributed by atoms with Gasteiger partial charge in [0.15, 0.2) is 17.3 Å². The lowest BCUT2D eigenvalue weighted by Gasteiger charge is -2.08. The Bertz CT molecular complexity index is 921. The maximum absolute atomic E-state index is 12.2. The molecule has 0 radical (unpaired) electrons. The third kappa shape index (κ3) is 6.74. The number of Topliss-reactive ketones (excluding diaryl/α,β-unsaturated/α-hetero) is 1. The lowest BCUT2D eigenvalue weighted by molar-refractivity contribution is -0.132. The monoisotopic (exact) mass is 408 g/mol. The lowest BCUT2D eigenvalue weighted by Crippen LogP contribution is -2.03. The molecule has 0 amide bonds. The zero-order valence-corrected chi connectivity index (χ0v) is 17.4. The number of hydrogen-bond donors (Lipinski definition) is 0. The van der Waals surface area contributed by atoms with Gasteiger partial charge in [0, 0.05) is 18.9 Å². The average molecular weight is 408 g/mol. The molecular weight excluding hydrogens is 384 g/mol. The Labute approximate surface area is 175 Å². The Morgan fingerprint density at radius 2 is 1.37 bits per heavy atom. The normalized spacial score (nSPS) is 10.9. The van der Waals surface area contributed by atoms with Crippen molar-refractivity contribution in [1.29, 1.82) is 0 Å². The second-order valence-corrected chi connectivity index (χ2v) is 6.52. The van der Waals surface area contributed by atoms with Gasteiger partial charge in [-0.25, -0.2) is 0 Å². The van der Waals surface area contributed by atoms with Gasteiger partial charge in [-0.3, -0.25) is 14.4 Å². The number of rotatable bonds is 9. The summed E-state index contributed by atoms with van der Waals surface area (Å²) in [6, 6.07) is 10.4. The van der Waals surface area contributed by atoms with Crippen LogP contribution in [0.5, 0.6) is 17.2 Å². The van der Waals surface area contributed by atoms with E-state index in [4.69, 9.17) is 14.2 Å². The molecule has 156 valence electrons. The molecule has 0 aliphatic carbocycles. The summed E-state index contributed by atoms with van der Waals surface area (Å²) in [5, 5.41) is 0. The SMILES string of the molecule is COc1cc(/C=C/C(=O)/C=C/c2ccc(OC(C)=O)c(OC)c2)ccc1CC(C)=O. The fourth-order valence-electron chi connectivity index (χ4n) is 2.72. The van der Waals surface area contributed by atoms with Crippen molar-refractivity contribution in [3.05, 3.63) is 65.2 Å². The summed E-state index contributed by atoms with van der Waals surface area (Å²) < 4.78 is 15.6. The van der Waals surface area contributed by atoms with Gasteiger partial charge < -0.3 is 14.2 Å². The van der Waals surface area contributed by atoms with Gasteiger partial charge >= 0.3 is 5.97 Å². The van der Waals surface area contributed by atoms with Crippen LogP contribution in [-0.2, 0) is 20.8 Å². The van der Waals surface area contributed by atoms with Crippen LogP contribution in [0.15, 0.2) is 48.6 Å². The molecule has 0 aliphatic heterocycles. The third-order valence-corrected chi connectivity index (χ3v) is 4.07. The zero-order chi connectivity index (χ0) is 22.1. The summed E-state index contributed by atoms with van der Waals surface area (Å²) in [5.74, 6) is 0.723. The molecule has 30 heavy (non-hydrogen) atoms. The van der Waals surface area contributed by atoms with Crippen molar-refractivity contribution < 1.29 is 28.6 Å². The van der Waals surface area contributed by atoms with Crippen LogP contribution in [0, 0.1) is 0 Å². The highest BCUT2D eigenvalue weighted by molar-refractivity contribution is 6.04. The maximum atomic E-state index is 12.2. The van der Waals surface area contributed by atoms with Crippen LogP contribution in [-0.4, -0.2) is 31.8 Å². The molecule has 2 rings (SSSR count). The fraction of sp³-hybridized carbons (Fsp3) is 0.208. The molecule has 0 spiro atoms. The summed E-state index contributed by atoms with van der Waals surface area (Å²) in [4.78, 5) is 34.6. The van der Waals surface area contributed by atoms with E-state index in [-0.39, 0.29) is 11.6 Å². The van der Waals surface area contributed by atoms with E-state index in [1.165, 1.54) is 33.1 Å². The molecule has 2 aromatic rings. The van der Waals surface area contributed by atoms with Crippen molar-refractivity contribution in [2.24, 2.45) is 0 Å². The number of carbonyl (C=O) groups excluding carboxylic acids is 3. The summed E-state index contributed by atoms with van der Waals surface area (Å²) in [5.41, 5.74) is 2.31. The van der Waals surface area contributed by atoms with E-state index in [0.29, 0.717) is 23.7 Å². The average Bonchev–Trinajstić information content (AvgIpc) is 2.71. The van der Waals surface area contributed by atoms with Gasteiger partial charge in [0.25, 0.3) is 0 Å². The van der Waals surface area contributed by atoms with Gasteiger partial charge in [0.1, 0.15) is 11.5 Å². The van der Waals surface area contributed by atoms with Crippen molar-refractivity contribution in [1.82, 2.24) is 0 Å². The number of hydrogen-bond acceptors (Lipinski definition) is 6. The highest BCUT2D eigenvalue weighted by Crippen LogP contribution is 2.28. The van der Waals surface area contributed by atoms with E-state index in [2.05, 4.69) is 0 Å². The molecule has 0 N–H and O–H groups in total. The number of ketones is 2. The Hall–Kier alpha value is -3.67. The second kappa shape index (κ2) is 10.8. The molecule has 0 heterocycles. The van der Waals surface area contributed by atoms with Crippen LogP contribution < -0.4 is 14.2 Å². The first-order valence-electron chi connectivity index (χ1n) is 9.25. The van der Waals surface area contributed by atoms with Crippen molar-refractivity contribution in [2.45, 2.75) is 20.3 Å². The number of ether oxygens (including phenoxy) is 3. The third-order valence-electron chi connectivity index (χ3n) is 4.07. The molecule has 0 aliphatic rings. The Kier molecular flexibility index (Phi) is 8.11. The van der Waals surface area contributed by atoms with Gasteiger partial charge in [0.2, 0.25) is 0 Å². The van der Waals surface area contributed by atoms with E-state index in [1.54, 1.807) is 43.5 Å². The summed E-state index contributed by atoms with van der Waals surface area (Å²) >= 11 is 0. The second-order valence-electron chi connectivity index (χ2n) is 6.52. The first-order valence-corrected chi connectivity index (χ1v) is 9.25. The quantitative estimate of drug-likeness (QED) is 0.354. The minimum atomic E-state index is -0.442. The predicted octanol–water partition coefficient (Wildman–Crippen LogP) is 4.06. The summed E-state index contributed by atoms with van der Waals surface area (Å²) in [7, 11) is 3.01. The topological polar surface area (TPSA) is 78.9 Å². The zero-order valence-electron chi connectivity index (χ0n) is 17.4. The molecule has 0 unspecified atom stereocenters. The molecule has 0 saturated heterocycles. The van der Waals surface area contributed by atoms with Crippen LogP contribution in [0.1, 0.15) is 30.5 Å². The van der Waals surface area contributed by atoms with E-state index >= 15 is 0 Å². The van der Waals surface area contributed by atoms with Crippen molar-refractivity contribution in [2.75, 3.05) is 14.2 Å². The lowest BCUT2D eigenvalue weighted by atomic mass is 10.0. The van der Waals surface area contributed by atoms with Crippen LogP contribution in [0.2, 0.25) is 0 Å². The van der Waals surface area contributed by atoms with E-state index < -0.39 is 5.97 Å². The maximum Gasteiger partial charge on any atom is 0.308 e. The van der Waals surface area contributed by atoms with Gasteiger partial charge in [-0.15, -0.1) is 0 Å². The van der Waals surface area contributed by atoms with Crippen LogP contribution in [0.25, 0.3) is 12.2 Å². The molecule has 0 fully saturated rings. The highest BCUT2D eigenvalue weighted by atomic mass is 16.6. The van der Waals surface area contributed by atoms with Gasteiger partial charge in [-0.1, -0.05) is 30.4 Å². The van der Waals surface area contributed by atoms with Crippen LogP contribution in [0.3, 0.4) is 0 Å². The van der Waals surface area contributed by atoms with Crippen molar-refractivity contribution >= 4 is 29.7 Å². The molecular formula is C24H24O6. The highest BCUT2D eigenvalue weighted by Gasteiger charge is 2.08. The van der Waals surface area contributed by atoms with E-state index in [1.807, 2.05) is 12.1 Å². The minimum absolute atomic E-state index is 0.0504. The van der Waals surface area contributed by atoms with Crippen molar-refractivity contribution in [3.63, 3.8) is 0 Å². The number of allylic oxidation sites excluding steroid dienone is 2. The molecule has 0 saturated carbocycles. The largest absolute Gasteiger partial charge is 0.496 e. The predicted molar refractivity (Wildman–Crippen MR) is 115 cm³/mol. The number of methoxy groups -OCH3 is 2. The molecule has 0 atom stereocenters. The first-order chi connectivity index (χ1) is 14.3. The number of esters is 1. The van der Waals surface area contributed by atoms with Gasteiger partial charge in [-0.05, 0) is 48.4 Å². The van der Waals surface area contributed by atoms with E-state index in [0.717, 1.165) is 16.7 Å². The smallest absolute Gasteiger partial charge is 0.308 e. The molecule has 6 nitrogen and oxygen atoms in total. The van der Waals surface area contributed by atoms with Crippen molar-refractivity contribution in [3.8, 4) is 17.2 Å². The standard InChI is InChI=1S/C24H24O6/c1-16(25)13-20-9-5-18(14-23(20)28-3)6-10-21(27)11-7-19-8-12-22(30-17(2)26)24(15-19)29-4/h5-12,14-15H,13H2,1-4H3/b10-6+,11-7+. The molecule has 6 heteroatoms. The van der Waals surface area contributed by atoms with E-state index in [9.17, 15) is 14.4 Å². The summed E-state index contributed by atoms with van der Waals surface area (Å²) in [6.07, 6.45) is 6.49. The minimum Gasteiger partial charge on any atom is -0.496 e. The Morgan fingerprint density at radius 3 is 1.90 bits per heavy atom. The Balaban J connectivity index is 2.09. The fourth-order valence-corrected chi connectivity index (χ4v) is 2.72. The number of carbonyl (C=O) groups is 3. The number of benzene rings is 2. The van der Waals surface area contributed by atoms with Crippen LogP contribution in [0.4, 0.5) is 0 Å². The molecule has 0 bridgehead atoms. The Morgan fingerprint density at radius 1 is 0.800 bits per heavy atom. The van der Waals surface area contributed by atoms with Gasteiger partial charge in [-0.2, -0.15) is 0 Å². The van der Waals surface area contributed by atoms with Crippen LogP contribution >= 0.6 is 0 Å².